The van der Waals surface area contributed by atoms with Crippen molar-refractivity contribution in [1.29, 1.82) is 0 Å². The molecule has 0 aromatic carbocycles. The van der Waals surface area contributed by atoms with Crippen LogP contribution in [0.5, 0.6) is 0 Å². The van der Waals surface area contributed by atoms with E-state index in [2.05, 4.69) is 0 Å². The van der Waals surface area contributed by atoms with Crippen molar-refractivity contribution in [1.82, 2.24) is 0 Å². The molecule has 0 fully saturated rings. The highest BCUT2D eigenvalue weighted by Crippen LogP contribution is 1.96. The maximum absolute atomic E-state index is 8.43. The molecule has 3 heteroatoms. The van der Waals surface area contributed by atoms with Crippen molar-refractivity contribution in [3.8, 4) is 0 Å². The number of rotatable bonds is 4. The van der Waals surface area contributed by atoms with Gasteiger partial charge in [-0.05, 0) is 23.9 Å². The molecule has 0 radical (unpaired) electrons. The first kappa shape index (κ1) is 9.78. The maximum Gasteiger partial charge on any atom is 0.0795 e. The lowest BCUT2D eigenvalue weighted by Gasteiger charge is -1.96. The standard InChI is InChI=1S/C8H13NO2/c1-11-7-8(4-6-10)3-2-5-9/h2-6,10H,7,9H2,1H3/b5-2+,6-4+,8-3+. The van der Waals surface area contributed by atoms with Crippen LogP contribution in [0.15, 0.2) is 36.3 Å². The molecule has 0 aliphatic rings. The summed E-state index contributed by atoms with van der Waals surface area (Å²) in [6, 6.07) is 0. The number of hydrogen-bond acceptors (Lipinski definition) is 3. The van der Waals surface area contributed by atoms with Gasteiger partial charge < -0.3 is 15.6 Å². The zero-order chi connectivity index (χ0) is 8.53. The second-order valence-electron chi connectivity index (χ2n) is 1.88. The Morgan fingerprint density at radius 3 is 2.82 bits per heavy atom. The summed E-state index contributed by atoms with van der Waals surface area (Å²) < 4.78 is 4.85. The molecule has 0 aliphatic heterocycles. The van der Waals surface area contributed by atoms with E-state index in [9.17, 15) is 0 Å². The molecular weight excluding hydrogens is 142 g/mol. The van der Waals surface area contributed by atoms with E-state index in [4.69, 9.17) is 15.6 Å². The Labute approximate surface area is 66.5 Å². The summed E-state index contributed by atoms with van der Waals surface area (Å²) in [5.41, 5.74) is 5.97. The molecular formula is C8H13NO2. The highest BCUT2D eigenvalue weighted by molar-refractivity contribution is 5.22. The molecule has 0 aromatic rings. The summed E-state index contributed by atoms with van der Waals surface area (Å²) in [6.07, 6.45) is 7.37. The van der Waals surface area contributed by atoms with Gasteiger partial charge in [0.25, 0.3) is 0 Å². The summed E-state index contributed by atoms with van der Waals surface area (Å²) >= 11 is 0. The average molecular weight is 155 g/mol. The van der Waals surface area contributed by atoms with Crippen LogP contribution >= 0.6 is 0 Å². The quantitative estimate of drug-likeness (QED) is 0.472. The number of aliphatic hydroxyl groups is 1. The van der Waals surface area contributed by atoms with E-state index in [1.807, 2.05) is 0 Å². The molecule has 0 unspecified atom stereocenters. The molecule has 0 amide bonds. The molecule has 3 nitrogen and oxygen atoms in total. The van der Waals surface area contributed by atoms with Crippen LogP contribution < -0.4 is 5.73 Å². The van der Waals surface area contributed by atoms with Crippen molar-refractivity contribution in [3.63, 3.8) is 0 Å². The van der Waals surface area contributed by atoms with Crippen LogP contribution in [0, 0.1) is 0 Å². The summed E-state index contributed by atoms with van der Waals surface area (Å²) in [5, 5.41) is 8.43. The van der Waals surface area contributed by atoms with Gasteiger partial charge in [0.15, 0.2) is 0 Å². The number of ether oxygens (including phenoxy) is 1. The topological polar surface area (TPSA) is 55.5 Å². The van der Waals surface area contributed by atoms with Crippen LogP contribution in [0.25, 0.3) is 0 Å². The first-order valence-corrected chi connectivity index (χ1v) is 3.22. The lowest BCUT2D eigenvalue weighted by molar-refractivity contribution is 0.228. The third kappa shape index (κ3) is 5.24. The van der Waals surface area contributed by atoms with Crippen LogP contribution in [-0.4, -0.2) is 18.8 Å². The number of nitrogens with two attached hydrogens (primary N) is 1. The zero-order valence-electron chi connectivity index (χ0n) is 6.53. The highest BCUT2D eigenvalue weighted by atomic mass is 16.5. The summed E-state index contributed by atoms with van der Waals surface area (Å²) in [6.45, 7) is 0.460. The predicted octanol–water partition coefficient (Wildman–Crippen LogP) is 1.10. The van der Waals surface area contributed by atoms with E-state index in [0.717, 1.165) is 11.8 Å². The van der Waals surface area contributed by atoms with Gasteiger partial charge in [-0.2, -0.15) is 0 Å². The number of methoxy groups -OCH3 is 1. The Balaban J connectivity index is 4.07. The number of allylic oxidation sites excluding steroid dienone is 2. The molecule has 0 saturated heterocycles. The molecule has 0 aromatic heterocycles. The van der Waals surface area contributed by atoms with E-state index in [0.29, 0.717) is 6.61 Å². The fourth-order valence-electron chi connectivity index (χ4n) is 0.593. The van der Waals surface area contributed by atoms with Gasteiger partial charge in [-0.15, -0.1) is 0 Å². The minimum atomic E-state index is 0.460. The van der Waals surface area contributed by atoms with Gasteiger partial charge in [0.2, 0.25) is 0 Å². The zero-order valence-corrected chi connectivity index (χ0v) is 6.53. The Hall–Kier alpha value is -1.22. The molecule has 0 rings (SSSR count). The molecule has 11 heavy (non-hydrogen) atoms. The Morgan fingerprint density at radius 2 is 2.36 bits per heavy atom. The van der Waals surface area contributed by atoms with E-state index >= 15 is 0 Å². The van der Waals surface area contributed by atoms with E-state index < -0.39 is 0 Å². The number of aliphatic hydroxyl groups excluding tert-OH is 1. The van der Waals surface area contributed by atoms with Crippen molar-refractivity contribution >= 4 is 0 Å². The third-order valence-corrected chi connectivity index (χ3v) is 1.02. The molecule has 0 bridgehead atoms. The minimum Gasteiger partial charge on any atom is -0.516 e. The fraction of sp³-hybridized carbons (Fsp3) is 0.250. The molecule has 0 saturated carbocycles. The number of hydrogen-bond donors (Lipinski definition) is 2. The minimum absolute atomic E-state index is 0.460. The normalized spacial score (nSPS) is 13.4. The summed E-state index contributed by atoms with van der Waals surface area (Å²) in [4.78, 5) is 0. The molecule has 0 aliphatic carbocycles. The fourth-order valence-corrected chi connectivity index (χ4v) is 0.593. The highest BCUT2D eigenvalue weighted by Gasteiger charge is 1.87. The largest absolute Gasteiger partial charge is 0.516 e. The van der Waals surface area contributed by atoms with Gasteiger partial charge in [-0.1, -0.05) is 6.08 Å². The van der Waals surface area contributed by atoms with Crippen molar-refractivity contribution in [2.45, 2.75) is 0 Å². The first-order valence-electron chi connectivity index (χ1n) is 3.22. The molecule has 62 valence electrons. The van der Waals surface area contributed by atoms with Gasteiger partial charge in [-0.3, -0.25) is 0 Å². The van der Waals surface area contributed by atoms with Gasteiger partial charge >= 0.3 is 0 Å². The van der Waals surface area contributed by atoms with Crippen LogP contribution in [0.1, 0.15) is 0 Å². The van der Waals surface area contributed by atoms with Gasteiger partial charge in [0, 0.05) is 7.11 Å². The van der Waals surface area contributed by atoms with Crippen molar-refractivity contribution in [2.75, 3.05) is 13.7 Å². The van der Waals surface area contributed by atoms with Crippen LogP contribution in [0.4, 0.5) is 0 Å². The van der Waals surface area contributed by atoms with E-state index in [-0.39, 0.29) is 0 Å². The van der Waals surface area contributed by atoms with Crippen LogP contribution in [0.3, 0.4) is 0 Å². The van der Waals surface area contributed by atoms with E-state index in [1.165, 1.54) is 6.20 Å². The Morgan fingerprint density at radius 1 is 1.64 bits per heavy atom. The molecule has 3 N–H and O–H groups in total. The Bertz CT molecular complexity index is 171. The predicted molar refractivity (Wildman–Crippen MR) is 45.1 cm³/mol. The summed E-state index contributed by atoms with van der Waals surface area (Å²) in [5.74, 6) is 0. The monoisotopic (exact) mass is 155 g/mol. The average Bonchev–Trinajstić information content (AvgIpc) is 2.01. The van der Waals surface area contributed by atoms with Crippen molar-refractivity contribution < 1.29 is 9.84 Å². The molecule has 0 atom stereocenters. The van der Waals surface area contributed by atoms with Crippen molar-refractivity contribution in [3.05, 3.63) is 36.3 Å². The third-order valence-electron chi connectivity index (χ3n) is 1.02. The van der Waals surface area contributed by atoms with Gasteiger partial charge in [0.05, 0.1) is 12.9 Å². The van der Waals surface area contributed by atoms with Crippen LogP contribution in [0.2, 0.25) is 0 Å². The van der Waals surface area contributed by atoms with Crippen LogP contribution in [-0.2, 0) is 4.74 Å². The molecule has 0 heterocycles. The second-order valence-corrected chi connectivity index (χ2v) is 1.88. The lowest BCUT2D eigenvalue weighted by Crippen LogP contribution is -1.90. The lowest BCUT2D eigenvalue weighted by atomic mass is 10.2. The van der Waals surface area contributed by atoms with Gasteiger partial charge in [0.1, 0.15) is 0 Å². The van der Waals surface area contributed by atoms with Gasteiger partial charge in [-0.25, -0.2) is 0 Å². The first-order chi connectivity index (χ1) is 5.35. The van der Waals surface area contributed by atoms with Crippen molar-refractivity contribution in [2.24, 2.45) is 5.73 Å². The van der Waals surface area contributed by atoms with E-state index in [1.54, 1.807) is 25.3 Å². The second kappa shape index (κ2) is 6.89. The Kier molecular flexibility index (Phi) is 6.13. The smallest absolute Gasteiger partial charge is 0.0795 e. The maximum atomic E-state index is 8.43. The SMILES string of the molecule is COCC(/C=C/O)=C/C=C/N. The summed E-state index contributed by atoms with van der Waals surface area (Å²) in [7, 11) is 1.59. The molecule has 0 spiro atoms.